The summed E-state index contributed by atoms with van der Waals surface area (Å²) in [6.45, 7) is 6.56. The van der Waals surface area contributed by atoms with Crippen LogP contribution in [-0.4, -0.2) is 71.2 Å². The molecule has 0 spiro atoms. The van der Waals surface area contributed by atoms with E-state index in [1.165, 1.54) is 109 Å². The van der Waals surface area contributed by atoms with Gasteiger partial charge < -0.3 is 26.0 Å². The van der Waals surface area contributed by atoms with Gasteiger partial charge >= 0.3 is 0 Å². The summed E-state index contributed by atoms with van der Waals surface area (Å²) in [5, 5.41) is 38.2. The van der Waals surface area contributed by atoms with Crippen LogP contribution in [0.1, 0.15) is 207 Å². The number of carbonyl (C=O) groups is 3. The zero-order valence-corrected chi connectivity index (χ0v) is 32.9. The predicted octanol–water partition coefficient (Wildman–Crippen LogP) is 8.90. The predicted molar refractivity (Wildman–Crippen MR) is 206 cm³/mol. The fourth-order valence-electron chi connectivity index (χ4n) is 6.20. The van der Waals surface area contributed by atoms with Crippen LogP contribution >= 0.6 is 0 Å². The van der Waals surface area contributed by atoms with Gasteiger partial charge in [0.15, 0.2) is 29.4 Å². The first-order valence-corrected chi connectivity index (χ1v) is 20.7. The molecule has 49 heavy (non-hydrogen) atoms. The molecule has 1 amide bonds. The van der Waals surface area contributed by atoms with Gasteiger partial charge in [-0.25, -0.2) is 0 Å². The van der Waals surface area contributed by atoms with Gasteiger partial charge in [-0.1, -0.05) is 175 Å². The number of aliphatic hydroxyl groups is 3. The summed E-state index contributed by atoms with van der Waals surface area (Å²) in [5.74, 6) is -2.50. The number of hydrogen-bond donors (Lipinski definition) is 5. The molecule has 0 saturated heterocycles. The minimum atomic E-state index is -2.84. The Morgan fingerprint density at radius 2 is 0.796 bits per heavy atom. The molecule has 0 aliphatic heterocycles. The standard InChI is InChI=1S/C39H75NO6.C2H7N/c1-4-7-9-11-13-15-17-19-21-23-25-27-29-31-34(41)36(43)39(46,37(44)38(45)40-33-6-3)35(42)32-30-28-26-24-22-20-18-16-14-12-10-8-5-2;1-3-2/h36-37,43-44,46H,4-33H2,1-3H3,(H,40,45);3H,1-2H3. The average molecular weight is 699 g/mol. The molecule has 0 fully saturated rings. The molecule has 0 aromatic heterocycles. The Morgan fingerprint density at radius 1 is 0.490 bits per heavy atom. The van der Waals surface area contributed by atoms with Crippen molar-refractivity contribution in [1.29, 1.82) is 0 Å². The van der Waals surface area contributed by atoms with Crippen molar-refractivity contribution < 1.29 is 29.7 Å². The Bertz CT molecular complexity index is 764. The first-order valence-electron chi connectivity index (χ1n) is 20.7. The van der Waals surface area contributed by atoms with Crippen molar-refractivity contribution in [3.8, 4) is 0 Å². The quantitative estimate of drug-likeness (QED) is 0.0417. The Kier molecular flexibility index (Phi) is 37.0. The number of Topliss-reactive ketones (excluding diaryl/α,β-unsaturated/α-hetero) is 2. The van der Waals surface area contributed by atoms with E-state index in [1.807, 2.05) is 21.0 Å². The van der Waals surface area contributed by atoms with E-state index in [1.54, 1.807) is 0 Å². The Morgan fingerprint density at radius 3 is 1.12 bits per heavy atom. The molecule has 8 nitrogen and oxygen atoms in total. The Balaban J connectivity index is 0. The average Bonchev–Trinajstić information content (AvgIpc) is 3.10. The van der Waals surface area contributed by atoms with E-state index in [4.69, 9.17) is 0 Å². The second-order valence-electron chi connectivity index (χ2n) is 14.3. The lowest BCUT2D eigenvalue weighted by Crippen LogP contribution is -2.64. The van der Waals surface area contributed by atoms with Crippen LogP contribution < -0.4 is 10.6 Å². The largest absolute Gasteiger partial charge is 0.382 e. The van der Waals surface area contributed by atoms with Crippen molar-refractivity contribution >= 4 is 17.5 Å². The molecule has 0 heterocycles. The van der Waals surface area contributed by atoms with Crippen molar-refractivity contribution in [2.24, 2.45) is 0 Å². The highest BCUT2D eigenvalue weighted by Crippen LogP contribution is 2.25. The number of carbonyl (C=O) groups excluding carboxylic acids is 3. The molecule has 0 aliphatic rings. The van der Waals surface area contributed by atoms with Crippen LogP contribution in [-0.2, 0) is 14.4 Å². The van der Waals surface area contributed by atoms with Gasteiger partial charge in [-0.3, -0.25) is 14.4 Å². The number of ketones is 2. The van der Waals surface area contributed by atoms with Gasteiger partial charge in [0.2, 0.25) is 0 Å². The molecule has 3 atom stereocenters. The highest BCUT2D eigenvalue weighted by Gasteiger charge is 2.54. The number of nitrogens with one attached hydrogen (secondary N) is 2. The molecule has 0 rings (SSSR count). The van der Waals surface area contributed by atoms with Crippen molar-refractivity contribution in [2.75, 3.05) is 20.6 Å². The fraction of sp³-hybridized carbons (Fsp3) is 0.927. The lowest BCUT2D eigenvalue weighted by molar-refractivity contribution is -0.182. The zero-order valence-electron chi connectivity index (χ0n) is 32.9. The van der Waals surface area contributed by atoms with Gasteiger partial charge in [-0.2, -0.15) is 0 Å². The van der Waals surface area contributed by atoms with Crippen LogP contribution in [0.25, 0.3) is 0 Å². The summed E-state index contributed by atoms with van der Waals surface area (Å²) in [5.41, 5.74) is -2.84. The third-order valence-corrected chi connectivity index (χ3v) is 9.42. The third kappa shape index (κ3) is 27.0. The second kappa shape index (κ2) is 36.4. The van der Waals surface area contributed by atoms with E-state index in [9.17, 15) is 29.7 Å². The minimum absolute atomic E-state index is 0.00342. The van der Waals surface area contributed by atoms with E-state index in [0.717, 1.165) is 44.9 Å². The summed E-state index contributed by atoms with van der Waals surface area (Å²) < 4.78 is 0. The highest BCUT2D eigenvalue weighted by atomic mass is 16.4. The number of aliphatic hydroxyl groups excluding tert-OH is 2. The third-order valence-electron chi connectivity index (χ3n) is 9.42. The Hall–Kier alpha value is -1.35. The van der Waals surface area contributed by atoms with Crippen molar-refractivity contribution in [2.45, 2.75) is 225 Å². The van der Waals surface area contributed by atoms with E-state index in [0.29, 0.717) is 19.3 Å². The van der Waals surface area contributed by atoms with E-state index >= 15 is 0 Å². The SMILES string of the molecule is CCCCCCCCCCCCCCCC(=O)C(O)C(O)(C(=O)CCCCCCCCCCCCCCC)C(O)C(=O)NCCC.CNC. The summed E-state index contributed by atoms with van der Waals surface area (Å²) >= 11 is 0. The van der Waals surface area contributed by atoms with Crippen molar-refractivity contribution in [3.63, 3.8) is 0 Å². The zero-order chi connectivity index (χ0) is 37.0. The maximum Gasteiger partial charge on any atom is 0.252 e. The number of unbranched alkanes of at least 4 members (excludes halogenated alkanes) is 24. The van der Waals surface area contributed by atoms with Gasteiger partial charge in [-0.05, 0) is 33.4 Å². The van der Waals surface area contributed by atoms with E-state index < -0.39 is 35.3 Å². The monoisotopic (exact) mass is 699 g/mol. The molecular weight excluding hydrogens is 616 g/mol. The smallest absolute Gasteiger partial charge is 0.252 e. The Labute approximate surface area is 302 Å². The van der Waals surface area contributed by atoms with Gasteiger partial charge in [0.1, 0.15) is 0 Å². The molecular formula is C41H82N2O6. The number of rotatable bonds is 35. The fourth-order valence-corrected chi connectivity index (χ4v) is 6.20. The lowest BCUT2D eigenvalue weighted by Gasteiger charge is -2.34. The molecule has 0 bridgehead atoms. The summed E-state index contributed by atoms with van der Waals surface area (Å²) in [6.07, 6.45) is 26.1. The molecule has 0 aliphatic carbocycles. The molecule has 3 unspecified atom stereocenters. The molecule has 292 valence electrons. The molecule has 0 aromatic carbocycles. The first-order chi connectivity index (χ1) is 23.7. The minimum Gasteiger partial charge on any atom is -0.382 e. The van der Waals surface area contributed by atoms with Gasteiger partial charge in [-0.15, -0.1) is 0 Å². The number of hydrogen-bond acceptors (Lipinski definition) is 7. The molecule has 8 heteroatoms. The first kappa shape index (κ1) is 49.8. The maximum atomic E-state index is 13.2. The molecule has 5 N–H and O–H groups in total. The van der Waals surface area contributed by atoms with Crippen molar-refractivity contribution in [3.05, 3.63) is 0 Å². The normalized spacial score (nSPS) is 13.6. The van der Waals surface area contributed by atoms with E-state index in [-0.39, 0.29) is 19.4 Å². The van der Waals surface area contributed by atoms with Gasteiger partial charge in [0.25, 0.3) is 5.91 Å². The van der Waals surface area contributed by atoms with Crippen LogP contribution in [0.2, 0.25) is 0 Å². The highest BCUT2D eigenvalue weighted by molar-refractivity contribution is 6.01. The summed E-state index contributed by atoms with van der Waals surface area (Å²) in [4.78, 5) is 38.7. The van der Waals surface area contributed by atoms with Gasteiger partial charge in [0, 0.05) is 19.4 Å². The van der Waals surface area contributed by atoms with Crippen LogP contribution in [0.15, 0.2) is 0 Å². The van der Waals surface area contributed by atoms with Crippen LogP contribution in [0.5, 0.6) is 0 Å². The van der Waals surface area contributed by atoms with Crippen LogP contribution in [0, 0.1) is 0 Å². The summed E-state index contributed by atoms with van der Waals surface area (Å²) in [7, 11) is 3.75. The van der Waals surface area contributed by atoms with Crippen LogP contribution in [0.3, 0.4) is 0 Å². The second-order valence-corrected chi connectivity index (χ2v) is 14.3. The maximum absolute atomic E-state index is 13.2. The topological polar surface area (TPSA) is 136 Å². The molecule has 0 saturated carbocycles. The lowest BCUT2D eigenvalue weighted by atomic mass is 9.80. The van der Waals surface area contributed by atoms with Crippen molar-refractivity contribution in [1.82, 2.24) is 10.6 Å². The number of amides is 1. The van der Waals surface area contributed by atoms with E-state index in [2.05, 4.69) is 24.5 Å². The molecule has 0 aromatic rings. The van der Waals surface area contributed by atoms with Gasteiger partial charge in [0.05, 0.1) is 0 Å². The summed E-state index contributed by atoms with van der Waals surface area (Å²) in [6, 6.07) is 0. The molecule has 0 radical (unpaired) electrons. The van der Waals surface area contributed by atoms with Crippen LogP contribution in [0.4, 0.5) is 0 Å².